The molecule has 29 heavy (non-hydrogen) atoms. The number of amides is 4. The molecule has 0 radical (unpaired) electrons. The number of nitrogens with zero attached hydrogens (tertiary/aromatic N) is 1. The maximum absolute atomic E-state index is 13.0. The van der Waals surface area contributed by atoms with E-state index < -0.39 is 17.5 Å². The van der Waals surface area contributed by atoms with E-state index in [4.69, 9.17) is 9.47 Å². The minimum Gasteiger partial charge on any atom is -0.454 e. The molecular formula is C21H29N3O5. The van der Waals surface area contributed by atoms with Gasteiger partial charge in [0.05, 0.1) is 0 Å². The minimum atomic E-state index is -1.26. The van der Waals surface area contributed by atoms with Gasteiger partial charge in [0.2, 0.25) is 12.7 Å². The summed E-state index contributed by atoms with van der Waals surface area (Å²) in [4.78, 5) is 38.8. The van der Waals surface area contributed by atoms with Crippen molar-refractivity contribution in [3.8, 4) is 11.5 Å². The van der Waals surface area contributed by atoms with Gasteiger partial charge in [0.1, 0.15) is 12.1 Å². The van der Waals surface area contributed by atoms with Crippen LogP contribution in [0.3, 0.4) is 0 Å². The Balaban J connectivity index is 1.62. The van der Waals surface area contributed by atoms with Gasteiger partial charge in [0, 0.05) is 6.04 Å². The molecule has 8 heteroatoms. The molecule has 1 saturated heterocycles. The molecule has 2 aliphatic rings. The first-order valence-electron chi connectivity index (χ1n) is 10.0. The predicted octanol–water partition coefficient (Wildman–Crippen LogP) is 2.51. The molecule has 2 N–H and O–H groups in total. The van der Waals surface area contributed by atoms with E-state index in [2.05, 4.69) is 24.5 Å². The lowest BCUT2D eigenvalue weighted by Gasteiger charge is -2.22. The second-order valence-corrected chi connectivity index (χ2v) is 8.31. The van der Waals surface area contributed by atoms with Crippen LogP contribution in [-0.4, -0.2) is 42.1 Å². The average Bonchev–Trinajstić information content (AvgIpc) is 3.19. The maximum Gasteiger partial charge on any atom is 0.325 e. The highest BCUT2D eigenvalue weighted by Crippen LogP contribution is 2.37. The summed E-state index contributed by atoms with van der Waals surface area (Å²) in [5.41, 5.74) is -0.689. The average molecular weight is 403 g/mol. The van der Waals surface area contributed by atoms with Crippen molar-refractivity contribution in [2.45, 2.75) is 58.5 Å². The highest BCUT2D eigenvalue weighted by atomic mass is 16.7. The van der Waals surface area contributed by atoms with Gasteiger partial charge in [-0.1, -0.05) is 32.8 Å². The lowest BCUT2D eigenvalue weighted by Crippen LogP contribution is -2.45. The second kappa shape index (κ2) is 8.31. The van der Waals surface area contributed by atoms with Gasteiger partial charge in [-0.2, -0.15) is 0 Å². The Morgan fingerprint density at radius 1 is 1.21 bits per heavy atom. The van der Waals surface area contributed by atoms with E-state index in [0.29, 0.717) is 23.0 Å². The van der Waals surface area contributed by atoms with Crippen molar-refractivity contribution in [3.05, 3.63) is 23.8 Å². The zero-order valence-electron chi connectivity index (χ0n) is 17.4. The van der Waals surface area contributed by atoms with E-state index in [1.165, 1.54) is 0 Å². The zero-order chi connectivity index (χ0) is 21.2. The van der Waals surface area contributed by atoms with Crippen LogP contribution < -0.4 is 20.1 Å². The van der Waals surface area contributed by atoms with Gasteiger partial charge in [-0.3, -0.25) is 14.5 Å². The van der Waals surface area contributed by atoms with Gasteiger partial charge in [0.25, 0.3) is 5.91 Å². The van der Waals surface area contributed by atoms with Crippen molar-refractivity contribution in [2.24, 2.45) is 5.92 Å². The monoisotopic (exact) mass is 403 g/mol. The molecule has 0 saturated carbocycles. The quantitative estimate of drug-likeness (QED) is 0.650. The Morgan fingerprint density at radius 3 is 2.66 bits per heavy atom. The van der Waals surface area contributed by atoms with Gasteiger partial charge in [-0.15, -0.1) is 0 Å². The standard InChI is InChI=1S/C21H29N3O5/c1-13(2)6-5-7-14(3)22-18(25)11-24-19(26)21(4,23-20(24)27)15-8-9-16-17(10-15)29-12-28-16/h8-10,13-14H,5-7,11-12H2,1-4H3,(H,22,25)(H,23,27)/t14-,21-/m0/s1. The smallest absolute Gasteiger partial charge is 0.325 e. The molecule has 0 unspecified atom stereocenters. The van der Waals surface area contributed by atoms with Crippen LogP contribution in [0.25, 0.3) is 0 Å². The number of hydrogen-bond donors (Lipinski definition) is 2. The summed E-state index contributed by atoms with van der Waals surface area (Å²) in [6.07, 6.45) is 2.98. The third-order valence-electron chi connectivity index (χ3n) is 5.35. The molecule has 8 nitrogen and oxygen atoms in total. The maximum atomic E-state index is 13.0. The van der Waals surface area contributed by atoms with Crippen LogP contribution in [0, 0.1) is 5.92 Å². The van der Waals surface area contributed by atoms with Gasteiger partial charge < -0.3 is 20.1 Å². The molecule has 3 rings (SSSR count). The highest BCUT2D eigenvalue weighted by molar-refractivity contribution is 6.09. The first kappa shape index (κ1) is 21.0. The largest absolute Gasteiger partial charge is 0.454 e. The third kappa shape index (κ3) is 4.46. The number of ether oxygens (including phenoxy) is 2. The molecule has 4 amide bonds. The Kier molecular flexibility index (Phi) is 6.00. The van der Waals surface area contributed by atoms with Crippen molar-refractivity contribution in [1.29, 1.82) is 0 Å². The molecule has 0 aromatic heterocycles. The molecule has 0 aliphatic carbocycles. The molecule has 158 valence electrons. The molecular weight excluding hydrogens is 374 g/mol. The fourth-order valence-electron chi connectivity index (χ4n) is 3.61. The molecule has 2 aliphatic heterocycles. The number of benzene rings is 1. The van der Waals surface area contributed by atoms with E-state index >= 15 is 0 Å². The molecule has 1 fully saturated rings. The summed E-state index contributed by atoms with van der Waals surface area (Å²) in [5.74, 6) is 0.927. The van der Waals surface area contributed by atoms with Crippen LogP contribution in [-0.2, 0) is 15.1 Å². The summed E-state index contributed by atoms with van der Waals surface area (Å²) in [5, 5.41) is 5.58. The van der Waals surface area contributed by atoms with E-state index in [-0.39, 0.29) is 25.3 Å². The molecule has 2 heterocycles. The van der Waals surface area contributed by atoms with E-state index in [1.54, 1.807) is 25.1 Å². The summed E-state index contributed by atoms with van der Waals surface area (Å²) in [7, 11) is 0. The van der Waals surface area contributed by atoms with E-state index in [9.17, 15) is 14.4 Å². The fraction of sp³-hybridized carbons (Fsp3) is 0.571. The van der Waals surface area contributed by atoms with Gasteiger partial charge in [-0.05, 0) is 43.9 Å². The van der Waals surface area contributed by atoms with Crippen molar-refractivity contribution in [1.82, 2.24) is 15.5 Å². The Labute approximate surface area is 170 Å². The Bertz CT molecular complexity index is 810. The van der Waals surface area contributed by atoms with Crippen LogP contribution in [0.15, 0.2) is 18.2 Å². The van der Waals surface area contributed by atoms with Crippen molar-refractivity contribution < 1.29 is 23.9 Å². The number of urea groups is 1. The van der Waals surface area contributed by atoms with Gasteiger partial charge >= 0.3 is 6.03 Å². The van der Waals surface area contributed by atoms with Crippen molar-refractivity contribution in [3.63, 3.8) is 0 Å². The molecule has 1 aromatic rings. The number of fused-ring (bicyclic) bond motifs is 1. The van der Waals surface area contributed by atoms with Crippen LogP contribution in [0.4, 0.5) is 4.79 Å². The molecule has 1 aromatic carbocycles. The van der Waals surface area contributed by atoms with Crippen LogP contribution in [0.1, 0.15) is 52.5 Å². The Morgan fingerprint density at radius 2 is 1.93 bits per heavy atom. The zero-order valence-corrected chi connectivity index (χ0v) is 17.4. The number of nitrogens with one attached hydrogen (secondary N) is 2. The lowest BCUT2D eigenvalue weighted by atomic mass is 9.91. The van der Waals surface area contributed by atoms with Gasteiger partial charge in [0.15, 0.2) is 11.5 Å². The number of carbonyl (C=O) groups excluding carboxylic acids is 3. The number of rotatable bonds is 8. The number of imide groups is 1. The fourth-order valence-corrected chi connectivity index (χ4v) is 3.61. The molecule has 0 spiro atoms. The second-order valence-electron chi connectivity index (χ2n) is 8.31. The first-order valence-corrected chi connectivity index (χ1v) is 10.0. The third-order valence-corrected chi connectivity index (χ3v) is 5.35. The SMILES string of the molecule is CC(C)CCC[C@H](C)NC(=O)CN1C(=O)N[C@@](C)(c2ccc3c(c2)OCO3)C1=O. The van der Waals surface area contributed by atoms with Crippen LogP contribution in [0.5, 0.6) is 11.5 Å². The predicted molar refractivity (Wildman–Crippen MR) is 106 cm³/mol. The normalized spacial score (nSPS) is 21.5. The summed E-state index contributed by atoms with van der Waals surface area (Å²) >= 11 is 0. The topological polar surface area (TPSA) is 97.0 Å². The summed E-state index contributed by atoms with van der Waals surface area (Å²) < 4.78 is 10.7. The van der Waals surface area contributed by atoms with E-state index in [0.717, 1.165) is 24.2 Å². The van der Waals surface area contributed by atoms with Crippen LogP contribution >= 0.6 is 0 Å². The number of carbonyl (C=O) groups is 3. The van der Waals surface area contributed by atoms with E-state index in [1.807, 2.05) is 6.92 Å². The van der Waals surface area contributed by atoms with Crippen molar-refractivity contribution >= 4 is 17.8 Å². The Hall–Kier alpha value is -2.77. The number of hydrogen-bond acceptors (Lipinski definition) is 5. The first-order chi connectivity index (χ1) is 13.7. The highest BCUT2D eigenvalue weighted by Gasteiger charge is 2.49. The minimum absolute atomic E-state index is 0.0118. The molecule has 0 bridgehead atoms. The van der Waals surface area contributed by atoms with Crippen LogP contribution in [0.2, 0.25) is 0 Å². The summed E-state index contributed by atoms with van der Waals surface area (Å²) in [6, 6.07) is 4.50. The van der Waals surface area contributed by atoms with Crippen molar-refractivity contribution in [2.75, 3.05) is 13.3 Å². The lowest BCUT2D eigenvalue weighted by molar-refractivity contribution is -0.135. The summed E-state index contributed by atoms with van der Waals surface area (Å²) in [6.45, 7) is 7.70. The molecule has 2 atom stereocenters. The van der Waals surface area contributed by atoms with Gasteiger partial charge in [-0.25, -0.2) is 4.79 Å².